The average Bonchev–Trinajstić information content (AvgIpc) is 3.14. The third kappa shape index (κ3) is 7.44. The lowest BCUT2D eigenvalue weighted by Crippen LogP contribution is -2.56. The number of aliphatic hydroxyl groups excluding tert-OH is 1. The number of thioether (sulfide) groups is 1. The van der Waals surface area contributed by atoms with E-state index >= 15 is 0 Å². The van der Waals surface area contributed by atoms with Crippen molar-refractivity contribution in [2.24, 2.45) is 16.8 Å². The second kappa shape index (κ2) is 12.1. The van der Waals surface area contributed by atoms with Crippen molar-refractivity contribution in [1.82, 2.24) is 15.5 Å². The van der Waals surface area contributed by atoms with Gasteiger partial charge in [-0.3, -0.25) is 9.89 Å². The molecule has 2 aliphatic rings. The summed E-state index contributed by atoms with van der Waals surface area (Å²) >= 11 is 2.05. The van der Waals surface area contributed by atoms with Crippen LogP contribution >= 0.6 is 11.8 Å². The number of nitrogens with zero attached hydrogens (tertiary/aromatic N) is 2. The van der Waals surface area contributed by atoms with Crippen molar-refractivity contribution in [3.8, 4) is 0 Å². The highest BCUT2D eigenvalue weighted by Gasteiger charge is 2.40. The summed E-state index contributed by atoms with van der Waals surface area (Å²) in [7, 11) is 0. The third-order valence-corrected chi connectivity index (χ3v) is 6.77. The highest BCUT2D eigenvalue weighted by atomic mass is 32.2. The largest absolute Gasteiger partial charge is 0.396 e. The number of guanidine groups is 1. The molecule has 2 unspecified atom stereocenters. The van der Waals surface area contributed by atoms with E-state index in [1.807, 2.05) is 0 Å². The van der Waals surface area contributed by atoms with Crippen LogP contribution in [-0.2, 0) is 4.74 Å². The second-order valence-corrected chi connectivity index (χ2v) is 9.32. The van der Waals surface area contributed by atoms with Crippen LogP contribution in [0, 0.1) is 11.8 Å². The number of hydrogen-bond donors (Lipinski definition) is 3. The van der Waals surface area contributed by atoms with Crippen LogP contribution in [0.2, 0.25) is 0 Å². The molecule has 2 atom stereocenters. The Morgan fingerprint density at radius 3 is 2.67 bits per heavy atom. The molecule has 2 aliphatic heterocycles. The smallest absolute Gasteiger partial charge is 0.191 e. The Morgan fingerprint density at radius 2 is 2.07 bits per heavy atom. The van der Waals surface area contributed by atoms with E-state index in [2.05, 4.69) is 48.1 Å². The molecule has 0 spiro atoms. The van der Waals surface area contributed by atoms with Gasteiger partial charge < -0.3 is 20.5 Å². The van der Waals surface area contributed by atoms with Gasteiger partial charge in [-0.05, 0) is 43.8 Å². The molecule has 3 N–H and O–H groups in total. The lowest BCUT2D eigenvalue weighted by Gasteiger charge is -2.42. The number of aliphatic imine (C=N–C) groups is 1. The fraction of sp³-hybridized carbons (Fsp3) is 0.950. The summed E-state index contributed by atoms with van der Waals surface area (Å²) in [5.74, 6) is 4.42. The van der Waals surface area contributed by atoms with Gasteiger partial charge in [-0.15, -0.1) is 0 Å². The SMILES string of the molecule is CCNC(=NCC1(N2CCOCC2)CCSC1)NCC(CCO)CC(C)C. The topological polar surface area (TPSA) is 69.1 Å². The quantitative estimate of drug-likeness (QED) is 0.384. The maximum Gasteiger partial charge on any atom is 0.191 e. The van der Waals surface area contributed by atoms with E-state index in [4.69, 9.17) is 9.73 Å². The minimum Gasteiger partial charge on any atom is -0.396 e. The summed E-state index contributed by atoms with van der Waals surface area (Å²) in [6, 6.07) is 0. The molecule has 0 aromatic rings. The standard InChI is InChI=1S/C20H40N4O2S/c1-4-21-19(22-14-18(5-9-25)13-17(2)3)23-15-20(6-12-27-16-20)24-7-10-26-11-8-24/h17-18,25H,4-16H2,1-3H3,(H2,21,22,23). The zero-order valence-corrected chi connectivity index (χ0v) is 18.3. The van der Waals surface area contributed by atoms with E-state index in [0.717, 1.165) is 70.5 Å². The van der Waals surface area contributed by atoms with Crippen molar-refractivity contribution in [3.63, 3.8) is 0 Å². The van der Waals surface area contributed by atoms with Crippen LogP contribution in [0.4, 0.5) is 0 Å². The van der Waals surface area contributed by atoms with Gasteiger partial charge in [0.25, 0.3) is 0 Å². The highest BCUT2D eigenvalue weighted by molar-refractivity contribution is 7.99. The first-order valence-corrected chi connectivity index (χ1v) is 11.8. The van der Waals surface area contributed by atoms with Crippen LogP contribution in [0.1, 0.15) is 40.0 Å². The van der Waals surface area contributed by atoms with Crippen LogP contribution in [0.5, 0.6) is 0 Å². The third-order valence-electron chi connectivity index (χ3n) is 5.54. The summed E-state index contributed by atoms with van der Waals surface area (Å²) < 4.78 is 5.56. The lowest BCUT2D eigenvalue weighted by molar-refractivity contribution is -0.0104. The van der Waals surface area contributed by atoms with E-state index in [9.17, 15) is 5.11 Å². The monoisotopic (exact) mass is 400 g/mol. The summed E-state index contributed by atoms with van der Waals surface area (Å²) in [5, 5.41) is 16.3. The van der Waals surface area contributed by atoms with Crippen molar-refractivity contribution >= 4 is 17.7 Å². The second-order valence-electron chi connectivity index (χ2n) is 8.21. The van der Waals surface area contributed by atoms with E-state index in [1.165, 1.54) is 12.2 Å². The number of ether oxygens (including phenoxy) is 1. The summed E-state index contributed by atoms with van der Waals surface area (Å²) in [6.45, 7) is 13.1. The molecule has 0 bridgehead atoms. The molecule has 0 amide bonds. The van der Waals surface area contributed by atoms with E-state index in [1.54, 1.807) is 0 Å². The molecule has 0 aliphatic carbocycles. The zero-order chi connectivity index (χ0) is 19.5. The molecule has 0 saturated carbocycles. The molecular weight excluding hydrogens is 360 g/mol. The minimum absolute atomic E-state index is 0.180. The summed E-state index contributed by atoms with van der Waals surface area (Å²) in [6.07, 6.45) is 3.18. The number of aliphatic hydroxyl groups is 1. The summed E-state index contributed by atoms with van der Waals surface area (Å²) in [5.41, 5.74) is 0.180. The number of hydrogen-bond acceptors (Lipinski definition) is 5. The Bertz CT molecular complexity index is 436. The van der Waals surface area contributed by atoms with Crippen LogP contribution in [0.3, 0.4) is 0 Å². The zero-order valence-electron chi connectivity index (χ0n) is 17.5. The van der Waals surface area contributed by atoms with Crippen LogP contribution < -0.4 is 10.6 Å². The molecule has 7 heteroatoms. The van der Waals surface area contributed by atoms with Crippen LogP contribution in [0.15, 0.2) is 4.99 Å². The van der Waals surface area contributed by atoms with Gasteiger partial charge in [0.2, 0.25) is 0 Å². The molecule has 0 radical (unpaired) electrons. The van der Waals surface area contributed by atoms with E-state index in [-0.39, 0.29) is 12.1 Å². The van der Waals surface area contributed by atoms with Gasteiger partial charge in [-0.2, -0.15) is 11.8 Å². The summed E-state index contributed by atoms with van der Waals surface area (Å²) in [4.78, 5) is 7.60. The molecule has 6 nitrogen and oxygen atoms in total. The number of morpholine rings is 1. The van der Waals surface area contributed by atoms with Crippen molar-refractivity contribution < 1.29 is 9.84 Å². The number of rotatable bonds is 10. The van der Waals surface area contributed by atoms with E-state index < -0.39 is 0 Å². The molecule has 0 aromatic carbocycles. The lowest BCUT2D eigenvalue weighted by atomic mass is 9.94. The first-order valence-electron chi connectivity index (χ1n) is 10.6. The predicted octanol–water partition coefficient (Wildman–Crippen LogP) is 1.79. The normalized spacial score (nSPS) is 25.7. The average molecular weight is 401 g/mol. The van der Waals surface area contributed by atoms with Gasteiger partial charge in [0, 0.05) is 38.5 Å². The number of nitrogens with one attached hydrogen (secondary N) is 2. The first kappa shape index (κ1) is 22.8. The molecule has 2 saturated heterocycles. The van der Waals surface area contributed by atoms with Crippen LogP contribution in [-0.4, -0.2) is 85.6 Å². The van der Waals surface area contributed by atoms with Crippen molar-refractivity contribution in [2.45, 2.75) is 45.6 Å². The van der Waals surface area contributed by atoms with Gasteiger partial charge >= 0.3 is 0 Å². The molecular formula is C20H40N4O2S. The first-order chi connectivity index (χ1) is 13.1. The van der Waals surface area contributed by atoms with Crippen molar-refractivity contribution in [1.29, 1.82) is 0 Å². The van der Waals surface area contributed by atoms with Gasteiger partial charge in [-0.25, -0.2) is 0 Å². The maximum absolute atomic E-state index is 9.35. The molecule has 2 heterocycles. The Hall–Kier alpha value is -0.500. The maximum atomic E-state index is 9.35. The fourth-order valence-electron chi connectivity index (χ4n) is 4.07. The fourth-order valence-corrected chi connectivity index (χ4v) is 5.54. The Labute approximate surface area is 169 Å². The molecule has 2 fully saturated rings. The molecule has 27 heavy (non-hydrogen) atoms. The van der Waals surface area contributed by atoms with Gasteiger partial charge in [0.15, 0.2) is 5.96 Å². The Balaban J connectivity index is 1.97. The van der Waals surface area contributed by atoms with Crippen LogP contribution in [0.25, 0.3) is 0 Å². The van der Waals surface area contributed by atoms with Gasteiger partial charge in [-0.1, -0.05) is 13.8 Å². The van der Waals surface area contributed by atoms with Gasteiger partial charge in [0.1, 0.15) is 0 Å². The predicted molar refractivity (Wildman–Crippen MR) is 116 cm³/mol. The Morgan fingerprint density at radius 1 is 1.30 bits per heavy atom. The Kier molecular flexibility index (Phi) is 10.2. The van der Waals surface area contributed by atoms with Crippen molar-refractivity contribution in [2.75, 3.05) is 64.1 Å². The molecule has 0 aromatic heterocycles. The van der Waals surface area contributed by atoms with Crippen molar-refractivity contribution in [3.05, 3.63) is 0 Å². The molecule has 158 valence electrons. The van der Waals surface area contributed by atoms with Gasteiger partial charge in [0.05, 0.1) is 25.3 Å². The molecule has 2 rings (SSSR count). The van der Waals surface area contributed by atoms with E-state index in [0.29, 0.717) is 11.8 Å². The highest BCUT2D eigenvalue weighted by Crippen LogP contribution is 2.34. The minimum atomic E-state index is 0.180.